The van der Waals surface area contributed by atoms with Gasteiger partial charge in [-0.2, -0.15) is 5.10 Å². The average molecular weight is 277 g/mol. The first kappa shape index (κ1) is 12.5. The Morgan fingerprint density at radius 1 is 1.32 bits per heavy atom. The molecule has 1 aliphatic heterocycles. The smallest absolute Gasteiger partial charge is 0.0877 e. The second-order valence-corrected chi connectivity index (χ2v) is 5.22. The normalized spacial score (nSPS) is 16.5. The molecule has 0 spiro atoms. The highest BCUT2D eigenvalue weighted by molar-refractivity contribution is 6.31. The van der Waals surface area contributed by atoms with Gasteiger partial charge < -0.3 is 10.6 Å². The van der Waals surface area contributed by atoms with Crippen LogP contribution >= 0.6 is 11.6 Å². The highest BCUT2D eigenvalue weighted by Crippen LogP contribution is 2.26. The second-order valence-electron chi connectivity index (χ2n) is 4.78. The van der Waals surface area contributed by atoms with Crippen molar-refractivity contribution < 1.29 is 0 Å². The van der Waals surface area contributed by atoms with Gasteiger partial charge in [0, 0.05) is 23.5 Å². The minimum Gasteiger partial charge on any atom is -0.380 e. The van der Waals surface area contributed by atoms with E-state index in [1.54, 1.807) is 6.20 Å². The molecule has 3 rings (SSSR count). The summed E-state index contributed by atoms with van der Waals surface area (Å²) < 4.78 is 1.86. The summed E-state index contributed by atoms with van der Waals surface area (Å²) in [5, 5.41) is 12.0. The van der Waals surface area contributed by atoms with Gasteiger partial charge in [-0.15, -0.1) is 0 Å². The Morgan fingerprint density at radius 2 is 2.16 bits per heavy atom. The number of nitrogens with zero attached hydrogens (tertiary/aromatic N) is 2. The van der Waals surface area contributed by atoms with Crippen molar-refractivity contribution in [3.8, 4) is 5.69 Å². The molecule has 2 heterocycles. The summed E-state index contributed by atoms with van der Waals surface area (Å²) in [6, 6.07) is 8.28. The molecule has 1 aromatic carbocycles. The summed E-state index contributed by atoms with van der Waals surface area (Å²) in [5.74, 6) is 0. The monoisotopic (exact) mass is 276 g/mol. The van der Waals surface area contributed by atoms with Crippen LogP contribution in [0.25, 0.3) is 5.69 Å². The lowest BCUT2D eigenvalue weighted by Crippen LogP contribution is -2.35. The Kier molecular flexibility index (Phi) is 3.71. The fraction of sp³-hybridized carbons (Fsp3) is 0.357. The van der Waals surface area contributed by atoms with E-state index in [1.807, 2.05) is 35.1 Å². The van der Waals surface area contributed by atoms with Crippen LogP contribution in [0.3, 0.4) is 0 Å². The van der Waals surface area contributed by atoms with Gasteiger partial charge in [0.05, 0.1) is 11.4 Å². The van der Waals surface area contributed by atoms with Crippen LogP contribution in [-0.4, -0.2) is 28.9 Å². The predicted octanol–water partition coefficient (Wildman–Crippen LogP) is 2.69. The van der Waals surface area contributed by atoms with Crippen molar-refractivity contribution in [3.63, 3.8) is 0 Å². The summed E-state index contributed by atoms with van der Waals surface area (Å²) in [4.78, 5) is 0. The van der Waals surface area contributed by atoms with E-state index in [4.69, 9.17) is 11.6 Å². The summed E-state index contributed by atoms with van der Waals surface area (Å²) in [6.45, 7) is 2.13. The van der Waals surface area contributed by atoms with Gasteiger partial charge in [-0.25, -0.2) is 4.68 Å². The molecule has 0 aliphatic carbocycles. The lowest BCUT2D eigenvalue weighted by Gasteiger charge is -2.26. The first-order valence-electron chi connectivity index (χ1n) is 6.60. The molecule has 5 heteroatoms. The Morgan fingerprint density at radius 3 is 2.89 bits per heavy atom. The summed E-state index contributed by atoms with van der Waals surface area (Å²) in [6.07, 6.45) is 5.98. The standard InChI is InChI=1S/C14H17ClN4/c15-11-2-3-14(19-9-1-6-17-19)13(10-11)18-12-4-7-16-8-5-12/h1-3,6,9-10,12,16,18H,4-5,7-8H2. The third-order valence-electron chi connectivity index (χ3n) is 3.41. The van der Waals surface area contributed by atoms with E-state index in [0.717, 1.165) is 42.3 Å². The van der Waals surface area contributed by atoms with Crippen LogP contribution in [0.2, 0.25) is 5.02 Å². The topological polar surface area (TPSA) is 41.9 Å². The molecule has 100 valence electrons. The van der Waals surface area contributed by atoms with Crippen molar-refractivity contribution in [3.05, 3.63) is 41.7 Å². The maximum absolute atomic E-state index is 6.11. The van der Waals surface area contributed by atoms with Crippen LogP contribution < -0.4 is 10.6 Å². The van der Waals surface area contributed by atoms with Crippen LogP contribution in [0, 0.1) is 0 Å². The SMILES string of the molecule is Clc1ccc(-n2cccn2)c(NC2CCNCC2)c1. The van der Waals surface area contributed by atoms with Crippen LogP contribution in [-0.2, 0) is 0 Å². The average Bonchev–Trinajstić information content (AvgIpc) is 2.94. The fourth-order valence-corrected chi connectivity index (χ4v) is 2.59. The van der Waals surface area contributed by atoms with Gasteiger partial charge in [0.2, 0.25) is 0 Å². The quantitative estimate of drug-likeness (QED) is 0.906. The van der Waals surface area contributed by atoms with Crippen LogP contribution in [0.1, 0.15) is 12.8 Å². The highest BCUT2D eigenvalue weighted by Gasteiger charge is 2.15. The van der Waals surface area contributed by atoms with Crippen molar-refractivity contribution in [2.45, 2.75) is 18.9 Å². The Balaban J connectivity index is 1.88. The molecule has 0 atom stereocenters. The van der Waals surface area contributed by atoms with Crippen molar-refractivity contribution in [1.82, 2.24) is 15.1 Å². The van der Waals surface area contributed by atoms with Gasteiger partial charge in [-0.05, 0) is 50.2 Å². The van der Waals surface area contributed by atoms with Crippen LogP contribution in [0.4, 0.5) is 5.69 Å². The Labute approximate surface area is 117 Å². The van der Waals surface area contributed by atoms with Crippen molar-refractivity contribution in [1.29, 1.82) is 0 Å². The van der Waals surface area contributed by atoms with Gasteiger partial charge in [0.25, 0.3) is 0 Å². The molecule has 1 aromatic heterocycles. The molecule has 0 saturated carbocycles. The molecule has 0 unspecified atom stereocenters. The molecular formula is C14H17ClN4. The Bertz CT molecular complexity index is 532. The number of anilines is 1. The largest absolute Gasteiger partial charge is 0.380 e. The van der Waals surface area contributed by atoms with Crippen molar-refractivity contribution >= 4 is 17.3 Å². The molecule has 1 aliphatic rings. The third kappa shape index (κ3) is 2.91. The summed E-state index contributed by atoms with van der Waals surface area (Å²) in [7, 11) is 0. The molecule has 2 N–H and O–H groups in total. The van der Waals surface area contributed by atoms with E-state index in [1.165, 1.54) is 0 Å². The fourth-order valence-electron chi connectivity index (χ4n) is 2.42. The maximum atomic E-state index is 6.11. The minimum absolute atomic E-state index is 0.494. The maximum Gasteiger partial charge on any atom is 0.0877 e. The van der Waals surface area contributed by atoms with E-state index < -0.39 is 0 Å². The molecule has 1 saturated heterocycles. The van der Waals surface area contributed by atoms with Gasteiger partial charge in [-0.1, -0.05) is 11.6 Å². The first-order valence-corrected chi connectivity index (χ1v) is 6.97. The van der Waals surface area contributed by atoms with E-state index >= 15 is 0 Å². The highest BCUT2D eigenvalue weighted by atomic mass is 35.5. The Hall–Kier alpha value is -1.52. The molecule has 1 fully saturated rings. The second kappa shape index (κ2) is 5.63. The number of aromatic nitrogens is 2. The lowest BCUT2D eigenvalue weighted by atomic mass is 10.1. The number of piperidine rings is 1. The van der Waals surface area contributed by atoms with E-state index in [-0.39, 0.29) is 0 Å². The van der Waals surface area contributed by atoms with Gasteiger partial charge >= 0.3 is 0 Å². The number of benzene rings is 1. The van der Waals surface area contributed by atoms with Crippen LogP contribution in [0.15, 0.2) is 36.7 Å². The predicted molar refractivity (Wildman–Crippen MR) is 78.1 cm³/mol. The lowest BCUT2D eigenvalue weighted by molar-refractivity contribution is 0.479. The van der Waals surface area contributed by atoms with E-state index in [0.29, 0.717) is 6.04 Å². The van der Waals surface area contributed by atoms with Gasteiger partial charge in [-0.3, -0.25) is 0 Å². The number of nitrogens with one attached hydrogen (secondary N) is 2. The number of halogens is 1. The number of hydrogen-bond acceptors (Lipinski definition) is 3. The zero-order chi connectivity index (χ0) is 13.1. The number of hydrogen-bond donors (Lipinski definition) is 2. The zero-order valence-corrected chi connectivity index (χ0v) is 11.4. The van der Waals surface area contributed by atoms with Crippen molar-refractivity contribution in [2.24, 2.45) is 0 Å². The van der Waals surface area contributed by atoms with E-state index in [9.17, 15) is 0 Å². The van der Waals surface area contributed by atoms with E-state index in [2.05, 4.69) is 15.7 Å². The molecular weight excluding hydrogens is 260 g/mol. The van der Waals surface area contributed by atoms with Gasteiger partial charge in [0.1, 0.15) is 0 Å². The van der Waals surface area contributed by atoms with Crippen molar-refractivity contribution in [2.75, 3.05) is 18.4 Å². The van der Waals surface area contributed by atoms with Gasteiger partial charge in [0.15, 0.2) is 0 Å². The molecule has 4 nitrogen and oxygen atoms in total. The molecule has 19 heavy (non-hydrogen) atoms. The summed E-state index contributed by atoms with van der Waals surface area (Å²) >= 11 is 6.11. The number of rotatable bonds is 3. The summed E-state index contributed by atoms with van der Waals surface area (Å²) in [5.41, 5.74) is 2.08. The van der Waals surface area contributed by atoms with Crippen LogP contribution in [0.5, 0.6) is 0 Å². The molecule has 0 bridgehead atoms. The molecule has 2 aromatic rings. The minimum atomic E-state index is 0.494. The zero-order valence-electron chi connectivity index (χ0n) is 10.6. The molecule has 0 amide bonds. The third-order valence-corrected chi connectivity index (χ3v) is 3.64. The first-order chi connectivity index (χ1) is 9.33. The molecule has 0 radical (unpaired) electrons.